The van der Waals surface area contributed by atoms with E-state index in [1.165, 1.54) is 12.8 Å². The minimum absolute atomic E-state index is 0. The van der Waals surface area contributed by atoms with Gasteiger partial charge in [-0.1, -0.05) is 0 Å². The molecule has 1 aromatic carbocycles. The van der Waals surface area contributed by atoms with Crippen molar-refractivity contribution in [2.24, 2.45) is 5.92 Å². The molecule has 2 N–H and O–H groups in total. The molecule has 26 heavy (non-hydrogen) atoms. The molecule has 0 radical (unpaired) electrons. The van der Waals surface area contributed by atoms with Gasteiger partial charge in [0.15, 0.2) is 5.69 Å². The van der Waals surface area contributed by atoms with E-state index in [9.17, 15) is 4.79 Å². The van der Waals surface area contributed by atoms with Crippen LogP contribution < -0.4 is 15.4 Å². The fourth-order valence-electron chi connectivity index (χ4n) is 3.05. The number of amides is 1. The Morgan fingerprint density at radius 2 is 2.04 bits per heavy atom. The summed E-state index contributed by atoms with van der Waals surface area (Å²) in [6.45, 7) is 2.76. The van der Waals surface area contributed by atoms with Gasteiger partial charge in [-0.05, 0) is 68.5 Å². The fourth-order valence-corrected chi connectivity index (χ4v) is 3.05. The minimum Gasteiger partial charge on any atom is -0.493 e. The lowest BCUT2D eigenvalue weighted by molar-refractivity contribution is 0.102. The van der Waals surface area contributed by atoms with Crippen LogP contribution in [0.2, 0.25) is 0 Å². The third-order valence-corrected chi connectivity index (χ3v) is 4.78. The summed E-state index contributed by atoms with van der Waals surface area (Å²) in [6.07, 6.45) is 6.68. The Morgan fingerprint density at radius 1 is 1.23 bits per heavy atom. The summed E-state index contributed by atoms with van der Waals surface area (Å²) in [7, 11) is 0. The number of ether oxygens (including phenoxy) is 1. The summed E-state index contributed by atoms with van der Waals surface area (Å²) < 4.78 is 7.61. The molecule has 1 aromatic heterocycles. The van der Waals surface area contributed by atoms with Crippen LogP contribution >= 0.6 is 12.4 Å². The highest BCUT2D eigenvalue weighted by atomic mass is 35.5. The molecule has 1 saturated carbocycles. The molecule has 1 aliphatic heterocycles. The van der Waals surface area contributed by atoms with Crippen molar-refractivity contribution in [3.05, 3.63) is 42.2 Å². The summed E-state index contributed by atoms with van der Waals surface area (Å²) >= 11 is 0. The normalized spacial score (nSPS) is 19.5. The fraction of sp³-hybridized carbons (Fsp3) is 0.474. The molecule has 2 heterocycles. The maximum absolute atomic E-state index is 12.4. The van der Waals surface area contributed by atoms with E-state index in [2.05, 4.69) is 15.7 Å². The van der Waals surface area contributed by atoms with Gasteiger partial charge < -0.3 is 15.4 Å². The van der Waals surface area contributed by atoms with E-state index < -0.39 is 0 Å². The number of hydrogen-bond acceptors (Lipinski definition) is 4. The number of carbonyl (C=O) groups excluding carboxylic acids is 1. The van der Waals surface area contributed by atoms with Crippen LogP contribution in [-0.4, -0.2) is 35.4 Å². The van der Waals surface area contributed by atoms with Gasteiger partial charge in [0, 0.05) is 18.4 Å². The van der Waals surface area contributed by atoms with E-state index in [1.54, 1.807) is 6.07 Å². The number of anilines is 1. The van der Waals surface area contributed by atoms with Gasteiger partial charge in [-0.15, -0.1) is 12.4 Å². The van der Waals surface area contributed by atoms with Gasteiger partial charge >= 0.3 is 0 Å². The van der Waals surface area contributed by atoms with Crippen LogP contribution in [-0.2, 0) is 0 Å². The molecule has 1 aliphatic carbocycles. The highest BCUT2D eigenvalue weighted by Crippen LogP contribution is 2.29. The average Bonchev–Trinajstić information content (AvgIpc) is 3.35. The standard InChI is InChI=1S/C19H24N4O2.ClH/c24-19(18-9-11-23(22-18)16-2-1-10-20-12-16)21-15-5-7-17(8-6-15)25-13-14-3-4-14;/h5-9,11,14,16,20H,1-4,10,12-13H2,(H,21,24);1H. The molecule has 140 valence electrons. The molecule has 1 saturated heterocycles. The van der Waals surface area contributed by atoms with Crippen LogP contribution in [0.3, 0.4) is 0 Å². The first-order valence-corrected chi connectivity index (χ1v) is 9.08. The van der Waals surface area contributed by atoms with Crippen molar-refractivity contribution < 1.29 is 9.53 Å². The number of benzene rings is 1. The molecule has 2 fully saturated rings. The number of nitrogens with zero attached hydrogens (tertiary/aromatic N) is 2. The zero-order valence-electron chi connectivity index (χ0n) is 14.7. The molecule has 4 rings (SSSR count). The summed E-state index contributed by atoms with van der Waals surface area (Å²) in [6, 6.07) is 9.62. The van der Waals surface area contributed by atoms with Crippen LogP contribution in [0.25, 0.3) is 0 Å². The first-order chi connectivity index (χ1) is 12.3. The van der Waals surface area contributed by atoms with Crippen molar-refractivity contribution in [2.75, 3.05) is 25.0 Å². The van der Waals surface area contributed by atoms with Crippen LogP contribution in [0, 0.1) is 5.92 Å². The summed E-state index contributed by atoms with van der Waals surface area (Å²) in [5.74, 6) is 1.39. The van der Waals surface area contributed by atoms with Gasteiger partial charge in [-0.3, -0.25) is 9.48 Å². The largest absolute Gasteiger partial charge is 0.493 e. The summed E-state index contributed by atoms with van der Waals surface area (Å²) in [5, 5.41) is 10.7. The number of carbonyl (C=O) groups is 1. The highest BCUT2D eigenvalue weighted by molar-refractivity contribution is 6.02. The van der Waals surface area contributed by atoms with Crippen molar-refractivity contribution in [2.45, 2.75) is 31.7 Å². The minimum atomic E-state index is -0.186. The Kier molecular flexibility index (Phi) is 6.16. The lowest BCUT2D eigenvalue weighted by Crippen LogP contribution is -2.32. The molecule has 1 unspecified atom stereocenters. The van der Waals surface area contributed by atoms with Gasteiger partial charge in [0.25, 0.3) is 5.91 Å². The van der Waals surface area contributed by atoms with Gasteiger partial charge in [-0.2, -0.15) is 5.10 Å². The van der Waals surface area contributed by atoms with Crippen molar-refractivity contribution in [3.8, 4) is 5.75 Å². The second-order valence-electron chi connectivity index (χ2n) is 6.91. The van der Waals surface area contributed by atoms with Crippen molar-refractivity contribution in [1.82, 2.24) is 15.1 Å². The smallest absolute Gasteiger partial charge is 0.276 e. The molecular formula is C19H25ClN4O2. The Labute approximate surface area is 159 Å². The molecule has 2 aliphatic rings. The summed E-state index contributed by atoms with van der Waals surface area (Å²) in [4.78, 5) is 12.4. The number of aromatic nitrogens is 2. The molecular weight excluding hydrogens is 352 g/mol. The molecule has 7 heteroatoms. The SMILES string of the molecule is Cl.O=C(Nc1ccc(OCC2CC2)cc1)c1ccn(C2CCCNC2)n1. The first-order valence-electron chi connectivity index (χ1n) is 9.08. The average molecular weight is 377 g/mol. The Balaban J connectivity index is 0.00000196. The lowest BCUT2D eigenvalue weighted by Gasteiger charge is -2.22. The van der Waals surface area contributed by atoms with Crippen LogP contribution in [0.15, 0.2) is 36.5 Å². The predicted octanol–water partition coefficient (Wildman–Crippen LogP) is 3.27. The molecule has 1 amide bonds. The zero-order chi connectivity index (χ0) is 17.1. The number of piperidine rings is 1. The van der Waals surface area contributed by atoms with Crippen LogP contribution in [0.5, 0.6) is 5.75 Å². The Morgan fingerprint density at radius 3 is 2.73 bits per heavy atom. The van der Waals surface area contributed by atoms with E-state index >= 15 is 0 Å². The van der Waals surface area contributed by atoms with E-state index in [0.29, 0.717) is 11.7 Å². The second-order valence-corrected chi connectivity index (χ2v) is 6.91. The number of halogens is 1. The molecule has 1 atom stereocenters. The second kappa shape index (κ2) is 8.56. The lowest BCUT2D eigenvalue weighted by atomic mass is 10.1. The van der Waals surface area contributed by atoms with E-state index in [0.717, 1.165) is 49.9 Å². The van der Waals surface area contributed by atoms with Gasteiger partial charge in [0.1, 0.15) is 5.75 Å². The zero-order valence-corrected chi connectivity index (χ0v) is 15.5. The van der Waals surface area contributed by atoms with E-state index in [-0.39, 0.29) is 18.3 Å². The first kappa shape index (κ1) is 18.7. The molecule has 0 spiro atoms. The maximum Gasteiger partial charge on any atom is 0.276 e. The summed E-state index contributed by atoms with van der Waals surface area (Å²) in [5.41, 5.74) is 1.19. The predicted molar refractivity (Wildman–Crippen MR) is 103 cm³/mol. The number of nitrogens with one attached hydrogen (secondary N) is 2. The number of rotatable bonds is 6. The molecule has 2 aromatic rings. The van der Waals surface area contributed by atoms with E-state index in [4.69, 9.17) is 4.74 Å². The third kappa shape index (κ3) is 4.77. The van der Waals surface area contributed by atoms with Gasteiger partial charge in [0.05, 0.1) is 12.6 Å². The quantitative estimate of drug-likeness (QED) is 0.811. The maximum atomic E-state index is 12.4. The number of hydrogen-bond donors (Lipinski definition) is 2. The molecule has 6 nitrogen and oxygen atoms in total. The Hall–Kier alpha value is -2.05. The van der Waals surface area contributed by atoms with E-state index in [1.807, 2.05) is 35.1 Å². The van der Waals surface area contributed by atoms with Crippen molar-refractivity contribution in [3.63, 3.8) is 0 Å². The van der Waals surface area contributed by atoms with Gasteiger partial charge in [-0.25, -0.2) is 0 Å². The van der Waals surface area contributed by atoms with Crippen molar-refractivity contribution >= 4 is 24.0 Å². The van der Waals surface area contributed by atoms with Crippen LogP contribution in [0.4, 0.5) is 5.69 Å². The molecule has 0 bridgehead atoms. The monoisotopic (exact) mass is 376 g/mol. The van der Waals surface area contributed by atoms with Crippen molar-refractivity contribution in [1.29, 1.82) is 0 Å². The highest BCUT2D eigenvalue weighted by Gasteiger charge is 2.22. The van der Waals surface area contributed by atoms with Crippen LogP contribution in [0.1, 0.15) is 42.2 Å². The van der Waals surface area contributed by atoms with Gasteiger partial charge in [0.2, 0.25) is 0 Å². The third-order valence-electron chi connectivity index (χ3n) is 4.78. The Bertz CT molecular complexity index is 721. The topological polar surface area (TPSA) is 68.2 Å².